The Hall–Kier alpha value is -1.82. The van der Waals surface area contributed by atoms with Gasteiger partial charge in [0.15, 0.2) is 0 Å². The molecule has 16 heavy (non-hydrogen) atoms. The highest BCUT2D eigenvalue weighted by Crippen LogP contribution is 2.18. The van der Waals surface area contributed by atoms with E-state index in [1.54, 1.807) is 0 Å². The Labute approximate surface area is 96.7 Å². The van der Waals surface area contributed by atoms with Gasteiger partial charge in [-0.1, -0.05) is 28.8 Å². The highest BCUT2D eigenvalue weighted by Gasteiger charge is 1.99. The predicted octanol–water partition coefficient (Wildman–Crippen LogP) is 2.45. The van der Waals surface area contributed by atoms with Crippen molar-refractivity contribution in [2.24, 2.45) is 10.2 Å². The Bertz CT molecular complexity index is 493. The third-order valence-corrected chi connectivity index (χ3v) is 2.30. The van der Waals surface area contributed by atoms with E-state index in [1.807, 2.05) is 25.1 Å². The Balaban J connectivity index is 2.05. The van der Waals surface area contributed by atoms with Crippen LogP contribution >= 0.6 is 11.6 Å². The number of azo groups is 1. The zero-order valence-corrected chi connectivity index (χ0v) is 9.31. The predicted molar refractivity (Wildman–Crippen MR) is 58.6 cm³/mol. The minimum Gasteiger partial charge on any atom is -0.180 e. The average molecular weight is 237 g/mol. The van der Waals surface area contributed by atoms with E-state index in [0.29, 0.717) is 11.6 Å². The molecule has 2 aromatic rings. The molecular weight excluding hydrogens is 228 g/mol. The SMILES string of the molecule is Cc1ccc(CN=Nc2nn[nH]n2)c(Cl)c1. The van der Waals surface area contributed by atoms with Gasteiger partial charge in [0.2, 0.25) is 0 Å². The van der Waals surface area contributed by atoms with Crippen molar-refractivity contribution in [3.05, 3.63) is 34.3 Å². The van der Waals surface area contributed by atoms with Crippen molar-refractivity contribution >= 4 is 17.5 Å². The molecule has 7 heteroatoms. The van der Waals surface area contributed by atoms with Gasteiger partial charge < -0.3 is 0 Å². The summed E-state index contributed by atoms with van der Waals surface area (Å²) in [6.07, 6.45) is 0. The van der Waals surface area contributed by atoms with Gasteiger partial charge in [-0.15, -0.1) is 10.2 Å². The second-order valence-electron chi connectivity index (χ2n) is 3.21. The van der Waals surface area contributed by atoms with E-state index >= 15 is 0 Å². The number of hydrogen-bond acceptors (Lipinski definition) is 5. The Morgan fingerprint density at radius 2 is 2.31 bits per heavy atom. The molecule has 6 nitrogen and oxygen atoms in total. The molecule has 0 bridgehead atoms. The Morgan fingerprint density at radius 3 is 3.00 bits per heavy atom. The lowest BCUT2D eigenvalue weighted by Crippen LogP contribution is -1.83. The summed E-state index contributed by atoms with van der Waals surface area (Å²) in [5, 5.41) is 21.3. The number of nitrogens with one attached hydrogen (secondary N) is 1. The number of aromatic nitrogens is 4. The number of rotatable bonds is 3. The first-order valence-corrected chi connectivity index (χ1v) is 4.99. The van der Waals surface area contributed by atoms with Crippen LogP contribution in [-0.2, 0) is 6.54 Å². The van der Waals surface area contributed by atoms with Crippen molar-refractivity contribution in [1.82, 2.24) is 20.6 Å². The molecule has 0 aliphatic heterocycles. The lowest BCUT2D eigenvalue weighted by molar-refractivity contribution is 0.881. The van der Waals surface area contributed by atoms with Gasteiger partial charge in [0.25, 0.3) is 0 Å². The summed E-state index contributed by atoms with van der Waals surface area (Å²) in [6, 6.07) is 5.79. The molecule has 0 radical (unpaired) electrons. The molecule has 0 spiro atoms. The summed E-state index contributed by atoms with van der Waals surface area (Å²) in [5.41, 5.74) is 2.03. The first-order chi connectivity index (χ1) is 7.75. The minimum atomic E-state index is 0.211. The van der Waals surface area contributed by atoms with Gasteiger partial charge in [0.05, 0.1) is 6.54 Å². The molecule has 1 heterocycles. The van der Waals surface area contributed by atoms with Crippen LogP contribution in [0, 0.1) is 6.92 Å². The molecule has 0 saturated heterocycles. The number of benzene rings is 1. The molecule has 82 valence electrons. The molecule has 2 rings (SSSR count). The highest BCUT2D eigenvalue weighted by molar-refractivity contribution is 6.31. The van der Waals surface area contributed by atoms with Crippen LogP contribution in [-0.4, -0.2) is 20.6 Å². The lowest BCUT2D eigenvalue weighted by atomic mass is 10.1. The van der Waals surface area contributed by atoms with E-state index < -0.39 is 0 Å². The summed E-state index contributed by atoms with van der Waals surface area (Å²) >= 11 is 6.04. The molecule has 0 atom stereocenters. The highest BCUT2D eigenvalue weighted by atomic mass is 35.5. The third kappa shape index (κ3) is 2.60. The van der Waals surface area contributed by atoms with E-state index in [-0.39, 0.29) is 5.95 Å². The van der Waals surface area contributed by atoms with E-state index in [9.17, 15) is 0 Å². The summed E-state index contributed by atoms with van der Waals surface area (Å²) in [4.78, 5) is 0. The second-order valence-corrected chi connectivity index (χ2v) is 3.61. The number of aromatic amines is 1. The van der Waals surface area contributed by atoms with Crippen LogP contribution in [0.3, 0.4) is 0 Å². The van der Waals surface area contributed by atoms with Gasteiger partial charge in [-0.25, -0.2) is 0 Å². The van der Waals surface area contributed by atoms with Crippen LogP contribution in [0.2, 0.25) is 5.02 Å². The zero-order valence-electron chi connectivity index (χ0n) is 8.55. The van der Waals surface area contributed by atoms with Gasteiger partial charge >= 0.3 is 5.95 Å². The van der Waals surface area contributed by atoms with Gasteiger partial charge in [0, 0.05) is 5.02 Å². The van der Waals surface area contributed by atoms with Crippen molar-refractivity contribution in [2.45, 2.75) is 13.5 Å². The van der Waals surface area contributed by atoms with Gasteiger partial charge in [-0.2, -0.15) is 10.3 Å². The molecule has 0 fully saturated rings. The maximum atomic E-state index is 6.04. The number of nitrogens with zero attached hydrogens (tertiary/aromatic N) is 5. The van der Waals surface area contributed by atoms with Crippen LogP contribution < -0.4 is 0 Å². The second kappa shape index (κ2) is 4.80. The molecule has 1 N–H and O–H groups in total. The average Bonchev–Trinajstić information content (AvgIpc) is 2.74. The quantitative estimate of drug-likeness (QED) is 0.832. The van der Waals surface area contributed by atoms with Crippen molar-refractivity contribution in [2.75, 3.05) is 0 Å². The summed E-state index contributed by atoms with van der Waals surface area (Å²) in [7, 11) is 0. The fraction of sp³-hybridized carbons (Fsp3) is 0.222. The van der Waals surface area contributed by atoms with Crippen LogP contribution in [0.15, 0.2) is 28.4 Å². The summed E-state index contributed by atoms with van der Waals surface area (Å²) < 4.78 is 0. The maximum Gasteiger partial charge on any atom is 0.307 e. The molecule has 1 aromatic heterocycles. The van der Waals surface area contributed by atoms with Crippen molar-refractivity contribution in [1.29, 1.82) is 0 Å². The van der Waals surface area contributed by atoms with E-state index in [0.717, 1.165) is 11.1 Å². The Kier molecular flexibility index (Phi) is 3.21. The van der Waals surface area contributed by atoms with Crippen LogP contribution in [0.4, 0.5) is 5.95 Å². The normalized spacial score (nSPS) is 11.1. The molecule has 0 unspecified atom stereocenters. The molecular formula is C9H9ClN6. The van der Waals surface area contributed by atoms with E-state index in [4.69, 9.17) is 11.6 Å². The zero-order chi connectivity index (χ0) is 11.4. The number of tetrazole rings is 1. The van der Waals surface area contributed by atoms with Gasteiger partial charge in [0.1, 0.15) is 0 Å². The molecule has 0 amide bonds. The van der Waals surface area contributed by atoms with Gasteiger partial charge in [-0.3, -0.25) is 0 Å². The van der Waals surface area contributed by atoms with E-state index in [1.165, 1.54) is 0 Å². The number of H-pyrrole nitrogens is 1. The fourth-order valence-corrected chi connectivity index (χ4v) is 1.45. The topological polar surface area (TPSA) is 79.2 Å². The van der Waals surface area contributed by atoms with Gasteiger partial charge in [-0.05, 0) is 29.3 Å². The Morgan fingerprint density at radius 1 is 1.44 bits per heavy atom. The largest absolute Gasteiger partial charge is 0.307 e. The van der Waals surface area contributed by atoms with Crippen molar-refractivity contribution < 1.29 is 0 Å². The number of aryl methyl sites for hydroxylation is 1. The molecule has 0 aliphatic carbocycles. The lowest BCUT2D eigenvalue weighted by Gasteiger charge is -2.00. The van der Waals surface area contributed by atoms with Crippen LogP contribution in [0.25, 0.3) is 0 Å². The maximum absolute atomic E-state index is 6.04. The van der Waals surface area contributed by atoms with Crippen molar-refractivity contribution in [3.8, 4) is 0 Å². The molecule has 0 aliphatic rings. The minimum absolute atomic E-state index is 0.211. The van der Waals surface area contributed by atoms with Crippen LogP contribution in [0.1, 0.15) is 11.1 Å². The van der Waals surface area contributed by atoms with Crippen LogP contribution in [0.5, 0.6) is 0 Å². The van der Waals surface area contributed by atoms with E-state index in [2.05, 4.69) is 30.9 Å². The standard InChI is InChI=1S/C9H9ClN6/c1-6-2-3-7(8(10)4-6)5-11-12-9-13-15-16-14-9/h2-4H,5H2,1H3,(H,13,14,15,16). The molecule has 1 aromatic carbocycles. The monoisotopic (exact) mass is 236 g/mol. The summed E-state index contributed by atoms with van der Waals surface area (Å²) in [5.74, 6) is 0.211. The third-order valence-electron chi connectivity index (χ3n) is 1.94. The van der Waals surface area contributed by atoms with Crippen molar-refractivity contribution in [3.63, 3.8) is 0 Å². The number of hydrogen-bond donors (Lipinski definition) is 1. The number of halogens is 1. The fourth-order valence-electron chi connectivity index (χ4n) is 1.15. The smallest absolute Gasteiger partial charge is 0.180 e. The first kappa shape index (κ1) is 10.7. The summed E-state index contributed by atoms with van der Waals surface area (Å²) in [6.45, 7) is 2.38. The first-order valence-electron chi connectivity index (χ1n) is 4.61. The molecule has 0 saturated carbocycles.